The van der Waals surface area contributed by atoms with E-state index in [0.29, 0.717) is 11.3 Å². The molecule has 4 heteroatoms. The minimum atomic E-state index is -0.429. The molecule has 0 amide bonds. The van der Waals surface area contributed by atoms with Gasteiger partial charge in [-0.1, -0.05) is 13.0 Å². The lowest BCUT2D eigenvalue weighted by Gasteiger charge is -2.03. The molecule has 0 aliphatic rings. The summed E-state index contributed by atoms with van der Waals surface area (Å²) in [5.41, 5.74) is 7.79. The highest BCUT2D eigenvalue weighted by molar-refractivity contribution is 5.61. The molecule has 2 aromatic rings. The molecule has 0 saturated heterocycles. The number of aromatic nitrogens is 2. The van der Waals surface area contributed by atoms with Crippen LogP contribution in [0.15, 0.2) is 30.6 Å². The van der Waals surface area contributed by atoms with Crippen LogP contribution in [0, 0.1) is 5.82 Å². The summed E-state index contributed by atoms with van der Waals surface area (Å²) in [5, 5.41) is 0. The number of nitrogens with zero attached hydrogens (tertiary/aromatic N) is 2. The summed E-state index contributed by atoms with van der Waals surface area (Å²) in [6, 6.07) is 4.64. The highest BCUT2D eigenvalue weighted by Crippen LogP contribution is 2.20. The van der Waals surface area contributed by atoms with E-state index in [4.69, 9.17) is 5.73 Å². The van der Waals surface area contributed by atoms with E-state index in [-0.39, 0.29) is 5.69 Å². The summed E-state index contributed by atoms with van der Waals surface area (Å²) in [7, 11) is 0. The van der Waals surface area contributed by atoms with Gasteiger partial charge in [0.05, 0.1) is 23.3 Å². The van der Waals surface area contributed by atoms with Gasteiger partial charge in [-0.2, -0.15) is 0 Å². The molecule has 0 radical (unpaired) electrons. The first kappa shape index (κ1) is 10.5. The Bertz CT molecular complexity index is 511. The zero-order valence-corrected chi connectivity index (χ0v) is 8.94. The van der Waals surface area contributed by atoms with E-state index in [2.05, 4.69) is 9.97 Å². The summed E-state index contributed by atoms with van der Waals surface area (Å²) in [6.45, 7) is 2.00. The van der Waals surface area contributed by atoms with Crippen molar-refractivity contribution in [1.82, 2.24) is 9.97 Å². The Morgan fingerprint density at radius 2 is 2.12 bits per heavy atom. The fourth-order valence-corrected chi connectivity index (χ4v) is 1.40. The zero-order chi connectivity index (χ0) is 11.5. The van der Waals surface area contributed by atoms with Crippen molar-refractivity contribution in [3.63, 3.8) is 0 Å². The SMILES string of the molecule is CCc1cncc(-c2ccc(N)c(F)c2)n1. The van der Waals surface area contributed by atoms with E-state index in [1.165, 1.54) is 12.1 Å². The van der Waals surface area contributed by atoms with Crippen LogP contribution in [0.2, 0.25) is 0 Å². The van der Waals surface area contributed by atoms with Crippen LogP contribution < -0.4 is 5.73 Å². The number of rotatable bonds is 2. The van der Waals surface area contributed by atoms with Crippen LogP contribution in [0.4, 0.5) is 10.1 Å². The quantitative estimate of drug-likeness (QED) is 0.786. The fraction of sp³-hybridized carbons (Fsp3) is 0.167. The maximum Gasteiger partial charge on any atom is 0.146 e. The first-order chi connectivity index (χ1) is 7.70. The van der Waals surface area contributed by atoms with Crippen molar-refractivity contribution in [2.24, 2.45) is 0 Å². The monoisotopic (exact) mass is 217 g/mol. The number of benzene rings is 1. The first-order valence-corrected chi connectivity index (χ1v) is 5.07. The topological polar surface area (TPSA) is 51.8 Å². The average Bonchev–Trinajstić information content (AvgIpc) is 2.33. The van der Waals surface area contributed by atoms with Crippen LogP contribution in [-0.4, -0.2) is 9.97 Å². The fourth-order valence-electron chi connectivity index (χ4n) is 1.40. The van der Waals surface area contributed by atoms with E-state index >= 15 is 0 Å². The Balaban J connectivity index is 2.46. The van der Waals surface area contributed by atoms with E-state index in [1.54, 1.807) is 18.5 Å². The maximum absolute atomic E-state index is 13.3. The zero-order valence-electron chi connectivity index (χ0n) is 8.94. The molecule has 0 aliphatic carbocycles. The predicted molar refractivity (Wildman–Crippen MR) is 61.2 cm³/mol. The average molecular weight is 217 g/mol. The van der Waals surface area contributed by atoms with Crippen molar-refractivity contribution in [2.75, 3.05) is 5.73 Å². The van der Waals surface area contributed by atoms with Gasteiger partial charge in [0.1, 0.15) is 5.82 Å². The smallest absolute Gasteiger partial charge is 0.146 e. The van der Waals surface area contributed by atoms with Gasteiger partial charge in [0, 0.05) is 11.8 Å². The molecule has 0 atom stereocenters. The van der Waals surface area contributed by atoms with Gasteiger partial charge in [-0.25, -0.2) is 9.37 Å². The Labute approximate surface area is 93.2 Å². The summed E-state index contributed by atoms with van der Waals surface area (Å²) in [5.74, 6) is -0.429. The maximum atomic E-state index is 13.3. The van der Waals surface area contributed by atoms with Gasteiger partial charge in [-0.15, -0.1) is 0 Å². The van der Waals surface area contributed by atoms with Gasteiger partial charge in [-0.05, 0) is 18.6 Å². The molecule has 16 heavy (non-hydrogen) atoms. The Morgan fingerprint density at radius 1 is 1.31 bits per heavy atom. The second-order valence-corrected chi connectivity index (χ2v) is 3.49. The van der Waals surface area contributed by atoms with Crippen LogP contribution in [0.1, 0.15) is 12.6 Å². The van der Waals surface area contributed by atoms with Gasteiger partial charge in [0.2, 0.25) is 0 Å². The van der Waals surface area contributed by atoms with Crippen molar-refractivity contribution in [3.05, 3.63) is 42.1 Å². The van der Waals surface area contributed by atoms with Crippen LogP contribution in [-0.2, 0) is 6.42 Å². The number of aryl methyl sites for hydroxylation is 1. The third-order valence-corrected chi connectivity index (χ3v) is 2.34. The standard InChI is InChI=1S/C12H12FN3/c1-2-9-6-15-7-12(16-9)8-3-4-11(14)10(13)5-8/h3-7H,2,14H2,1H3. The first-order valence-electron chi connectivity index (χ1n) is 5.07. The molecule has 0 unspecified atom stereocenters. The molecule has 0 spiro atoms. The minimum absolute atomic E-state index is 0.142. The number of hydrogen-bond donors (Lipinski definition) is 1. The lowest BCUT2D eigenvalue weighted by molar-refractivity contribution is 0.633. The number of hydrogen-bond acceptors (Lipinski definition) is 3. The second kappa shape index (κ2) is 4.26. The lowest BCUT2D eigenvalue weighted by Crippen LogP contribution is -1.94. The number of halogens is 1. The normalized spacial score (nSPS) is 10.4. The summed E-state index contributed by atoms with van der Waals surface area (Å²) >= 11 is 0. The molecule has 1 aromatic heterocycles. The molecular weight excluding hydrogens is 205 g/mol. The van der Waals surface area contributed by atoms with E-state index in [9.17, 15) is 4.39 Å². The molecule has 0 fully saturated rings. The molecule has 82 valence electrons. The largest absolute Gasteiger partial charge is 0.396 e. The molecule has 0 saturated carbocycles. The molecular formula is C12H12FN3. The number of anilines is 1. The van der Waals surface area contributed by atoms with Crippen LogP contribution in [0.3, 0.4) is 0 Å². The van der Waals surface area contributed by atoms with Crippen LogP contribution >= 0.6 is 0 Å². The number of nitrogen functional groups attached to an aromatic ring is 1. The van der Waals surface area contributed by atoms with Gasteiger partial charge < -0.3 is 5.73 Å². The van der Waals surface area contributed by atoms with Crippen molar-refractivity contribution >= 4 is 5.69 Å². The Hall–Kier alpha value is -1.97. The molecule has 3 nitrogen and oxygen atoms in total. The molecule has 0 bridgehead atoms. The minimum Gasteiger partial charge on any atom is -0.396 e. The van der Waals surface area contributed by atoms with Crippen molar-refractivity contribution in [1.29, 1.82) is 0 Å². The summed E-state index contributed by atoms with van der Waals surface area (Å²) in [4.78, 5) is 8.43. The molecule has 1 heterocycles. The summed E-state index contributed by atoms with van der Waals surface area (Å²) < 4.78 is 13.3. The van der Waals surface area contributed by atoms with Crippen molar-refractivity contribution in [2.45, 2.75) is 13.3 Å². The molecule has 1 aromatic carbocycles. The predicted octanol–water partition coefficient (Wildman–Crippen LogP) is 2.43. The van der Waals surface area contributed by atoms with Gasteiger partial charge in [0.15, 0.2) is 0 Å². The summed E-state index contributed by atoms with van der Waals surface area (Å²) in [6.07, 6.45) is 4.12. The highest BCUT2D eigenvalue weighted by atomic mass is 19.1. The van der Waals surface area contributed by atoms with Crippen molar-refractivity contribution in [3.8, 4) is 11.3 Å². The van der Waals surface area contributed by atoms with Crippen LogP contribution in [0.5, 0.6) is 0 Å². The van der Waals surface area contributed by atoms with E-state index < -0.39 is 5.82 Å². The van der Waals surface area contributed by atoms with Crippen molar-refractivity contribution < 1.29 is 4.39 Å². The van der Waals surface area contributed by atoms with Gasteiger partial charge in [-0.3, -0.25) is 4.98 Å². The number of nitrogens with two attached hydrogens (primary N) is 1. The van der Waals surface area contributed by atoms with E-state index in [0.717, 1.165) is 12.1 Å². The Kier molecular flexibility index (Phi) is 2.81. The van der Waals surface area contributed by atoms with Gasteiger partial charge >= 0.3 is 0 Å². The third-order valence-electron chi connectivity index (χ3n) is 2.34. The molecule has 2 rings (SSSR count). The lowest BCUT2D eigenvalue weighted by atomic mass is 10.1. The third kappa shape index (κ3) is 2.00. The Morgan fingerprint density at radius 3 is 2.81 bits per heavy atom. The van der Waals surface area contributed by atoms with Gasteiger partial charge in [0.25, 0.3) is 0 Å². The van der Waals surface area contributed by atoms with E-state index in [1.807, 2.05) is 6.92 Å². The second-order valence-electron chi connectivity index (χ2n) is 3.49. The van der Waals surface area contributed by atoms with Crippen LogP contribution in [0.25, 0.3) is 11.3 Å². The molecule has 0 aliphatic heterocycles. The molecule has 2 N–H and O–H groups in total. The highest BCUT2D eigenvalue weighted by Gasteiger charge is 2.04.